The van der Waals surface area contributed by atoms with Gasteiger partial charge in [-0.15, -0.1) is 16.4 Å². The van der Waals surface area contributed by atoms with Crippen LogP contribution in [0.3, 0.4) is 0 Å². The molecule has 0 spiro atoms. The lowest BCUT2D eigenvalue weighted by Gasteiger charge is -2.03. The van der Waals surface area contributed by atoms with Crippen molar-refractivity contribution in [1.29, 1.82) is 0 Å². The summed E-state index contributed by atoms with van der Waals surface area (Å²) in [4.78, 5) is 25.1. The summed E-state index contributed by atoms with van der Waals surface area (Å²) in [5.41, 5.74) is 1.61. The number of hydrogen-bond donors (Lipinski definition) is 2. The van der Waals surface area contributed by atoms with Crippen molar-refractivity contribution in [3.05, 3.63) is 57.5 Å². The molecular formula is C16H13N5OS2. The molecule has 6 nitrogen and oxygen atoms in total. The molecule has 3 heterocycles. The average molecular weight is 355 g/mol. The predicted molar refractivity (Wildman–Crippen MR) is 96.4 cm³/mol. The molecular weight excluding hydrogens is 342 g/mol. The standard InChI is InChI=1S/C16H13N5OS2/c1-9-4-2-5-10-13(9)17-12(18-15(10)22)8-24-16-19-14(20-21-16)11-6-3-7-23-11/h2-7H,8H2,1H3,(H,17,18,22)(H,19,20,21). The molecule has 0 amide bonds. The number of nitrogens with zero attached hydrogens (tertiary/aromatic N) is 3. The number of fused-ring (bicyclic) bond motifs is 1. The number of aryl methyl sites for hydroxylation is 1. The minimum atomic E-state index is -0.117. The van der Waals surface area contributed by atoms with E-state index in [-0.39, 0.29) is 5.56 Å². The number of hydrogen-bond acceptors (Lipinski definition) is 6. The van der Waals surface area contributed by atoms with E-state index < -0.39 is 0 Å². The maximum absolute atomic E-state index is 12.2. The monoisotopic (exact) mass is 355 g/mol. The number of thiophene rings is 1. The molecule has 0 bridgehead atoms. The first kappa shape index (κ1) is 15.1. The van der Waals surface area contributed by atoms with Crippen LogP contribution < -0.4 is 5.56 Å². The number of benzene rings is 1. The van der Waals surface area contributed by atoms with Crippen molar-refractivity contribution >= 4 is 34.0 Å². The Bertz CT molecular complexity index is 1050. The van der Waals surface area contributed by atoms with Gasteiger partial charge in [-0.3, -0.25) is 9.89 Å². The Morgan fingerprint density at radius 3 is 2.96 bits per heavy atom. The van der Waals surface area contributed by atoms with Crippen LogP contribution in [0.4, 0.5) is 0 Å². The zero-order valence-corrected chi connectivity index (χ0v) is 14.4. The molecule has 0 fully saturated rings. The molecule has 120 valence electrons. The second-order valence-corrected chi connectivity index (χ2v) is 7.11. The fraction of sp³-hybridized carbons (Fsp3) is 0.125. The largest absolute Gasteiger partial charge is 0.309 e. The summed E-state index contributed by atoms with van der Waals surface area (Å²) in [6, 6.07) is 9.57. The fourth-order valence-corrected chi connectivity index (χ4v) is 3.72. The van der Waals surface area contributed by atoms with Crippen molar-refractivity contribution in [2.75, 3.05) is 0 Å². The molecule has 4 rings (SSSR count). The van der Waals surface area contributed by atoms with Gasteiger partial charge < -0.3 is 4.98 Å². The van der Waals surface area contributed by atoms with E-state index in [1.807, 2.05) is 36.6 Å². The summed E-state index contributed by atoms with van der Waals surface area (Å²) in [5.74, 6) is 1.87. The second kappa shape index (κ2) is 6.21. The maximum Gasteiger partial charge on any atom is 0.258 e. The minimum Gasteiger partial charge on any atom is -0.309 e. The Morgan fingerprint density at radius 1 is 1.21 bits per heavy atom. The Balaban J connectivity index is 1.57. The summed E-state index contributed by atoms with van der Waals surface area (Å²) in [6.07, 6.45) is 0. The van der Waals surface area contributed by atoms with Crippen molar-refractivity contribution < 1.29 is 0 Å². The topological polar surface area (TPSA) is 87.3 Å². The fourth-order valence-electron chi connectivity index (χ4n) is 2.39. The zero-order valence-electron chi connectivity index (χ0n) is 12.7. The highest BCUT2D eigenvalue weighted by molar-refractivity contribution is 7.98. The van der Waals surface area contributed by atoms with Gasteiger partial charge in [0.25, 0.3) is 5.56 Å². The zero-order chi connectivity index (χ0) is 16.5. The lowest BCUT2D eigenvalue weighted by Crippen LogP contribution is -2.11. The van der Waals surface area contributed by atoms with Crippen molar-refractivity contribution in [2.45, 2.75) is 17.8 Å². The molecule has 24 heavy (non-hydrogen) atoms. The second-order valence-electron chi connectivity index (χ2n) is 5.22. The van der Waals surface area contributed by atoms with Gasteiger partial charge in [0.2, 0.25) is 5.16 Å². The van der Waals surface area contributed by atoms with Crippen LogP contribution in [0.5, 0.6) is 0 Å². The molecule has 0 aliphatic carbocycles. The number of thioether (sulfide) groups is 1. The molecule has 8 heteroatoms. The highest BCUT2D eigenvalue weighted by Crippen LogP contribution is 2.24. The van der Waals surface area contributed by atoms with Crippen molar-refractivity contribution in [3.63, 3.8) is 0 Å². The van der Waals surface area contributed by atoms with Gasteiger partial charge in [-0.25, -0.2) is 9.97 Å². The molecule has 4 aromatic rings. The van der Waals surface area contributed by atoms with Crippen LogP contribution in [-0.2, 0) is 5.75 Å². The number of aromatic amines is 2. The van der Waals surface area contributed by atoms with Gasteiger partial charge in [-0.05, 0) is 30.0 Å². The molecule has 0 saturated carbocycles. The van der Waals surface area contributed by atoms with Crippen LogP contribution in [-0.4, -0.2) is 25.1 Å². The summed E-state index contributed by atoms with van der Waals surface area (Å²) in [6.45, 7) is 1.95. The van der Waals surface area contributed by atoms with E-state index in [9.17, 15) is 4.79 Å². The van der Waals surface area contributed by atoms with Gasteiger partial charge in [0, 0.05) is 0 Å². The lowest BCUT2D eigenvalue weighted by atomic mass is 10.1. The summed E-state index contributed by atoms with van der Waals surface area (Å²) < 4.78 is 0. The summed E-state index contributed by atoms with van der Waals surface area (Å²) in [5, 5.41) is 10.4. The third kappa shape index (κ3) is 2.85. The number of aromatic nitrogens is 5. The first-order valence-corrected chi connectivity index (χ1v) is 9.15. The Morgan fingerprint density at radius 2 is 2.12 bits per heavy atom. The summed E-state index contributed by atoms with van der Waals surface area (Å²) in [7, 11) is 0. The van der Waals surface area contributed by atoms with E-state index in [0.717, 1.165) is 21.8 Å². The van der Waals surface area contributed by atoms with Gasteiger partial charge in [-0.2, -0.15) is 0 Å². The van der Waals surface area contributed by atoms with Crippen LogP contribution in [0.1, 0.15) is 11.4 Å². The number of para-hydroxylation sites is 1. The predicted octanol–water partition coefficient (Wildman–Crippen LogP) is 3.37. The smallest absolute Gasteiger partial charge is 0.258 e. The number of nitrogens with one attached hydrogen (secondary N) is 2. The van der Waals surface area contributed by atoms with E-state index in [1.54, 1.807) is 17.4 Å². The molecule has 0 aliphatic rings. The third-order valence-corrected chi connectivity index (χ3v) is 5.28. The van der Waals surface area contributed by atoms with Crippen LogP contribution in [0.2, 0.25) is 0 Å². The highest BCUT2D eigenvalue weighted by Gasteiger charge is 2.10. The van der Waals surface area contributed by atoms with Gasteiger partial charge in [0.05, 0.1) is 21.5 Å². The molecule has 0 radical (unpaired) electrons. The van der Waals surface area contributed by atoms with Gasteiger partial charge in [0.1, 0.15) is 5.82 Å². The molecule has 1 aromatic carbocycles. The Hall–Kier alpha value is -2.45. The van der Waals surface area contributed by atoms with Gasteiger partial charge in [-0.1, -0.05) is 30.0 Å². The average Bonchev–Trinajstić information content (AvgIpc) is 3.25. The molecule has 0 unspecified atom stereocenters. The normalized spacial score (nSPS) is 11.2. The first-order chi connectivity index (χ1) is 11.7. The molecule has 0 aliphatic heterocycles. The van der Waals surface area contributed by atoms with E-state index in [0.29, 0.717) is 22.1 Å². The van der Waals surface area contributed by atoms with E-state index >= 15 is 0 Å². The highest BCUT2D eigenvalue weighted by atomic mass is 32.2. The van der Waals surface area contributed by atoms with Crippen LogP contribution in [0.15, 0.2) is 45.7 Å². The van der Waals surface area contributed by atoms with E-state index in [1.165, 1.54) is 11.8 Å². The van der Waals surface area contributed by atoms with Crippen LogP contribution in [0, 0.1) is 6.92 Å². The van der Waals surface area contributed by atoms with E-state index in [2.05, 4.69) is 25.1 Å². The number of rotatable bonds is 4. The SMILES string of the molecule is Cc1cccc2c(=O)[nH]c(CSc3n[nH]c(-c4cccs4)n3)nc12. The first-order valence-electron chi connectivity index (χ1n) is 7.28. The summed E-state index contributed by atoms with van der Waals surface area (Å²) >= 11 is 3.04. The van der Waals surface area contributed by atoms with E-state index in [4.69, 9.17) is 0 Å². The lowest BCUT2D eigenvalue weighted by molar-refractivity contribution is 0.965. The molecule has 2 N–H and O–H groups in total. The van der Waals surface area contributed by atoms with Gasteiger partial charge in [0.15, 0.2) is 5.82 Å². The van der Waals surface area contributed by atoms with Crippen LogP contribution >= 0.6 is 23.1 Å². The third-order valence-electron chi connectivity index (χ3n) is 3.54. The van der Waals surface area contributed by atoms with Crippen molar-refractivity contribution in [2.24, 2.45) is 0 Å². The van der Waals surface area contributed by atoms with Crippen LogP contribution in [0.25, 0.3) is 21.6 Å². The Kier molecular flexibility index (Phi) is 3.91. The van der Waals surface area contributed by atoms with Crippen molar-refractivity contribution in [3.8, 4) is 10.7 Å². The van der Waals surface area contributed by atoms with Crippen molar-refractivity contribution in [1.82, 2.24) is 25.1 Å². The maximum atomic E-state index is 12.2. The minimum absolute atomic E-state index is 0.117. The quantitative estimate of drug-likeness (QED) is 0.548. The molecule has 0 atom stereocenters. The molecule has 0 saturated heterocycles. The Labute approximate surface area is 145 Å². The molecule has 3 aromatic heterocycles. The number of H-pyrrole nitrogens is 2. The van der Waals surface area contributed by atoms with Gasteiger partial charge >= 0.3 is 0 Å².